The molecular formula is C8H7F3O3S. The Morgan fingerprint density at radius 3 is 2.67 bits per heavy atom. The molecule has 1 N–H and O–H groups in total. The molecule has 15 heavy (non-hydrogen) atoms. The number of alkyl halides is 3. The molecule has 0 aliphatic carbocycles. The highest BCUT2D eigenvalue weighted by molar-refractivity contribution is 7.12. The Bertz CT molecular complexity index is 345. The quantitative estimate of drug-likeness (QED) is 0.880. The lowest BCUT2D eigenvalue weighted by Gasteiger charge is -2.06. The lowest BCUT2D eigenvalue weighted by Crippen LogP contribution is -2.12. The van der Waals surface area contributed by atoms with E-state index in [0.29, 0.717) is 0 Å². The van der Waals surface area contributed by atoms with Gasteiger partial charge in [0.1, 0.15) is 10.6 Å². The van der Waals surface area contributed by atoms with E-state index in [1.807, 2.05) is 0 Å². The molecule has 7 heteroatoms. The lowest BCUT2D eigenvalue weighted by atomic mass is 10.4. The summed E-state index contributed by atoms with van der Waals surface area (Å²) in [6.07, 6.45) is -5.31. The van der Waals surface area contributed by atoms with Gasteiger partial charge in [0.2, 0.25) is 0 Å². The van der Waals surface area contributed by atoms with Crippen LogP contribution in [-0.2, 0) is 0 Å². The number of ether oxygens (including phenoxy) is 1. The Kier molecular flexibility index (Phi) is 3.57. The maximum atomic E-state index is 11.7. The Morgan fingerprint density at radius 1 is 1.53 bits per heavy atom. The van der Waals surface area contributed by atoms with Crippen LogP contribution in [0, 0.1) is 0 Å². The molecule has 0 radical (unpaired) electrons. The average Bonchev–Trinajstić information content (AvgIpc) is 2.50. The number of hydrogen-bond donors (Lipinski definition) is 1. The van der Waals surface area contributed by atoms with Gasteiger partial charge in [-0.2, -0.15) is 13.2 Å². The van der Waals surface area contributed by atoms with Gasteiger partial charge in [-0.05, 0) is 0 Å². The number of hydrogen-bond acceptors (Lipinski definition) is 3. The molecule has 0 fully saturated rings. The normalized spacial score (nSPS) is 11.4. The van der Waals surface area contributed by atoms with Gasteiger partial charge in [-0.25, -0.2) is 4.79 Å². The van der Waals surface area contributed by atoms with Crippen LogP contribution in [0.1, 0.15) is 16.1 Å². The topological polar surface area (TPSA) is 46.5 Å². The molecule has 84 valence electrons. The molecule has 3 nitrogen and oxygen atoms in total. The summed E-state index contributed by atoms with van der Waals surface area (Å²) < 4.78 is 39.9. The number of aromatic carboxylic acids is 1. The number of thiophene rings is 1. The Hall–Kier alpha value is -1.24. The lowest BCUT2D eigenvalue weighted by molar-refractivity contribution is -0.139. The maximum absolute atomic E-state index is 11.7. The third-order valence-corrected chi connectivity index (χ3v) is 2.34. The van der Waals surface area contributed by atoms with Crippen molar-refractivity contribution in [3.05, 3.63) is 16.3 Å². The molecule has 0 saturated carbocycles. The van der Waals surface area contributed by atoms with E-state index >= 15 is 0 Å². The SMILES string of the molecule is O=C(O)c1cc(OCCC(F)(F)F)cs1. The first-order valence-corrected chi connectivity index (χ1v) is 4.78. The van der Waals surface area contributed by atoms with Gasteiger partial charge in [0, 0.05) is 11.4 Å². The summed E-state index contributed by atoms with van der Waals surface area (Å²) in [6, 6.07) is 1.20. The largest absolute Gasteiger partial charge is 0.492 e. The van der Waals surface area contributed by atoms with Crippen LogP contribution in [0.2, 0.25) is 0 Å². The highest BCUT2D eigenvalue weighted by Crippen LogP contribution is 2.24. The van der Waals surface area contributed by atoms with E-state index < -0.39 is 25.2 Å². The number of rotatable bonds is 4. The third kappa shape index (κ3) is 4.20. The molecule has 0 aromatic carbocycles. The van der Waals surface area contributed by atoms with Crippen molar-refractivity contribution in [2.24, 2.45) is 0 Å². The van der Waals surface area contributed by atoms with Gasteiger partial charge in [-0.1, -0.05) is 0 Å². The molecule has 0 unspecified atom stereocenters. The highest BCUT2D eigenvalue weighted by Gasteiger charge is 2.26. The van der Waals surface area contributed by atoms with Crippen LogP contribution in [0.3, 0.4) is 0 Å². The van der Waals surface area contributed by atoms with Crippen molar-refractivity contribution in [2.75, 3.05) is 6.61 Å². The van der Waals surface area contributed by atoms with Crippen molar-refractivity contribution in [2.45, 2.75) is 12.6 Å². The van der Waals surface area contributed by atoms with Crippen LogP contribution in [0.5, 0.6) is 5.75 Å². The van der Waals surface area contributed by atoms with E-state index in [1.165, 1.54) is 11.4 Å². The van der Waals surface area contributed by atoms with Crippen molar-refractivity contribution in [3.8, 4) is 5.75 Å². The fourth-order valence-corrected chi connectivity index (χ4v) is 1.46. The zero-order valence-electron chi connectivity index (χ0n) is 7.37. The van der Waals surface area contributed by atoms with Crippen LogP contribution in [0.4, 0.5) is 13.2 Å². The van der Waals surface area contributed by atoms with Gasteiger partial charge in [0.15, 0.2) is 0 Å². The van der Waals surface area contributed by atoms with E-state index in [1.54, 1.807) is 0 Å². The van der Waals surface area contributed by atoms with Crippen molar-refractivity contribution in [1.29, 1.82) is 0 Å². The molecule has 1 aromatic rings. The predicted molar refractivity (Wildman–Crippen MR) is 47.4 cm³/mol. The summed E-state index contributed by atoms with van der Waals surface area (Å²) in [5.41, 5.74) is 0. The summed E-state index contributed by atoms with van der Waals surface area (Å²) in [4.78, 5) is 10.5. The van der Waals surface area contributed by atoms with Crippen LogP contribution >= 0.6 is 11.3 Å². The summed E-state index contributed by atoms with van der Waals surface area (Å²) in [6.45, 7) is -0.501. The van der Waals surface area contributed by atoms with Crippen molar-refractivity contribution >= 4 is 17.3 Å². The van der Waals surface area contributed by atoms with Crippen LogP contribution in [0.25, 0.3) is 0 Å². The summed E-state index contributed by atoms with van der Waals surface area (Å²) >= 11 is 0.910. The third-order valence-electron chi connectivity index (χ3n) is 1.44. The minimum absolute atomic E-state index is 0.0389. The highest BCUT2D eigenvalue weighted by atomic mass is 32.1. The number of carboxylic acids is 1. The van der Waals surface area contributed by atoms with Crippen LogP contribution in [0.15, 0.2) is 11.4 Å². The zero-order valence-corrected chi connectivity index (χ0v) is 8.19. The monoisotopic (exact) mass is 240 g/mol. The van der Waals surface area contributed by atoms with Gasteiger partial charge >= 0.3 is 12.1 Å². The summed E-state index contributed by atoms with van der Waals surface area (Å²) in [5, 5.41) is 9.89. The number of carbonyl (C=O) groups is 1. The minimum Gasteiger partial charge on any atom is -0.492 e. The smallest absolute Gasteiger partial charge is 0.392 e. The fourth-order valence-electron chi connectivity index (χ4n) is 0.791. The van der Waals surface area contributed by atoms with Gasteiger partial charge in [-0.15, -0.1) is 11.3 Å². The van der Waals surface area contributed by atoms with E-state index in [9.17, 15) is 18.0 Å². The fraction of sp³-hybridized carbons (Fsp3) is 0.375. The second-order valence-electron chi connectivity index (χ2n) is 2.67. The van der Waals surface area contributed by atoms with E-state index in [2.05, 4.69) is 0 Å². The molecule has 0 saturated heterocycles. The molecule has 0 bridgehead atoms. The van der Waals surface area contributed by atoms with E-state index in [-0.39, 0.29) is 10.6 Å². The first-order valence-electron chi connectivity index (χ1n) is 3.90. The minimum atomic E-state index is -4.26. The van der Waals surface area contributed by atoms with Gasteiger partial charge in [-0.3, -0.25) is 0 Å². The molecule has 0 spiro atoms. The van der Waals surface area contributed by atoms with Gasteiger partial charge in [0.25, 0.3) is 0 Å². The molecule has 0 atom stereocenters. The summed E-state index contributed by atoms with van der Waals surface area (Å²) in [5.74, 6) is -0.965. The molecule has 1 aromatic heterocycles. The predicted octanol–water partition coefficient (Wildman–Crippen LogP) is 2.78. The Morgan fingerprint density at radius 2 is 2.20 bits per heavy atom. The van der Waals surface area contributed by atoms with E-state index in [4.69, 9.17) is 9.84 Å². The second-order valence-corrected chi connectivity index (χ2v) is 3.58. The second kappa shape index (κ2) is 4.52. The molecule has 1 rings (SSSR count). The standard InChI is InChI=1S/C8H7F3O3S/c9-8(10,11)1-2-14-5-3-6(7(12)13)15-4-5/h3-4H,1-2H2,(H,12,13). The van der Waals surface area contributed by atoms with Crippen LogP contribution < -0.4 is 4.74 Å². The Balaban J connectivity index is 2.41. The molecule has 1 heterocycles. The average molecular weight is 240 g/mol. The first kappa shape index (κ1) is 11.8. The molecule has 0 aliphatic heterocycles. The molecule has 0 amide bonds. The van der Waals surface area contributed by atoms with Gasteiger partial charge < -0.3 is 9.84 Å². The van der Waals surface area contributed by atoms with Crippen LogP contribution in [-0.4, -0.2) is 23.9 Å². The molecule has 0 aliphatic rings. The van der Waals surface area contributed by atoms with Gasteiger partial charge in [0.05, 0.1) is 13.0 Å². The first-order chi connectivity index (χ1) is 6.88. The molecular weight excluding hydrogens is 233 g/mol. The zero-order chi connectivity index (χ0) is 11.5. The van der Waals surface area contributed by atoms with Crippen molar-refractivity contribution in [1.82, 2.24) is 0 Å². The van der Waals surface area contributed by atoms with Crippen molar-refractivity contribution < 1.29 is 27.8 Å². The van der Waals surface area contributed by atoms with E-state index in [0.717, 1.165) is 11.3 Å². The van der Waals surface area contributed by atoms with Crippen molar-refractivity contribution in [3.63, 3.8) is 0 Å². The Labute approximate surface area is 87.1 Å². The maximum Gasteiger partial charge on any atom is 0.392 e. The number of carboxylic acid groups (broad SMARTS) is 1. The number of halogens is 3. The summed E-state index contributed by atoms with van der Waals surface area (Å²) in [7, 11) is 0.